The fourth-order valence-corrected chi connectivity index (χ4v) is 5.51. The molecule has 182 valence electrons. The number of ether oxygens (including phenoxy) is 1. The highest BCUT2D eigenvalue weighted by atomic mass is 32.2. The average molecular weight is 506 g/mol. The molecule has 1 fully saturated rings. The zero-order chi connectivity index (χ0) is 25.3. The Bertz CT molecular complexity index is 1570. The Morgan fingerprint density at radius 3 is 2.50 bits per heavy atom. The van der Waals surface area contributed by atoms with Crippen LogP contribution in [0.15, 0.2) is 84.0 Å². The number of hydrogen-bond acceptors (Lipinski definition) is 7. The van der Waals surface area contributed by atoms with Gasteiger partial charge in [0.25, 0.3) is 5.91 Å². The fraction of sp³-hybridized carbons (Fsp3) is 0.154. The van der Waals surface area contributed by atoms with Gasteiger partial charge in [0.15, 0.2) is 9.84 Å². The zero-order valence-corrected chi connectivity index (χ0v) is 19.7. The van der Waals surface area contributed by atoms with Crippen LogP contribution in [0.25, 0.3) is 10.9 Å². The van der Waals surface area contributed by atoms with Gasteiger partial charge in [-0.15, -0.1) is 0 Å². The number of carbonyl (C=O) groups is 2. The van der Waals surface area contributed by atoms with E-state index >= 15 is 0 Å². The van der Waals surface area contributed by atoms with Crippen molar-refractivity contribution in [2.75, 3.05) is 13.1 Å². The van der Waals surface area contributed by atoms with Crippen LogP contribution in [0, 0.1) is 5.82 Å². The molecule has 0 unspecified atom stereocenters. The molecule has 1 saturated heterocycles. The van der Waals surface area contributed by atoms with Crippen molar-refractivity contribution in [3.05, 3.63) is 102 Å². The first-order chi connectivity index (χ1) is 17.3. The SMILES string of the molecule is O=C(OC1CN(C(=O)c2ccc(CS(=O)(=O)c3cccc4cccnc34)c(F)c2)C1)c1ccccn1. The summed E-state index contributed by atoms with van der Waals surface area (Å²) in [6.07, 6.45) is 2.50. The Labute approximate surface area is 206 Å². The number of sulfone groups is 1. The van der Waals surface area contributed by atoms with Crippen LogP contribution in [0.5, 0.6) is 0 Å². The van der Waals surface area contributed by atoms with Gasteiger partial charge in [0, 0.05) is 28.9 Å². The Balaban J connectivity index is 1.25. The van der Waals surface area contributed by atoms with Crippen molar-refractivity contribution in [1.82, 2.24) is 14.9 Å². The monoisotopic (exact) mass is 505 g/mol. The highest BCUT2D eigenvalue weighted by Gasteiger charge is 2.34. The van der Waals surface area contributed by atoms with E-state index in [2.05, 4.69) is 9.97 Å². The van der Waals surface area contributed by atoms with Crippen molar-refractivity contribution in [3.63, 3.8) is 0 Å². The number of benzene rings is 2. The third-order valence-electron chi connectivity index (χ3n) is 5.86. The highest BCUT2D eigenvalue weighted by Crippen LogP contribution is 2.26. The second-order valence-electron chi connectivity index (χ2n) is 8.35. The number of halogens is 1. The zero-order valence-electron chi connectivity index (χ0n) is 18.9. The van der Waals surface area contributed by atoms with E-state index in [0.717, 1.165) is 6.07 Å². The second kappa shape index (κ2) is 9.46. The maximum absolute atomic E-state index is 14.9. The summed E-state index contributed by atoms with van der Waals surface area (Å²) in [6, 6.07) is 16.9. The smallest absolute Gasteiger partial charge is 0.357 e. The lowest BCUT2D eigenvalue weighted by molar-refractivity contribution is -0.0238. The molecule has 3 heterocycles. The predicted molar refractivity (Wildman–Crippen MR) is 128 cm³/mol. The molecule has 0 bridgehead atoms. The van der Waals surface area contributed by atoms with Crippen LogP contribution in [-0.2, 0) is 20.3 Å². The summed E-state index contributed by atoms with van der Waals surface area (Å²) in [5, 5.41) is 0.665. The molecule has 8 nitrogen and oxygen atoms in total. The molecular weight excluding hydrogens is 485 g/mol. The molecule has 2 aromatic heterocycles. The van der Waals surface area contributed by atoms with E-state index in [4.69, 9.17) is 4.74 Å². The number of nitrogens with zero attached hydrogens (tertiary/aromatic N) is 3. The number of amides is 1. The molecule has 1 aliphatic heterocycles. The first-order valence-electron chi connectivity index (χ1n) is 11.1. The van der Waals surface area contributed by atoms with E-state index in [-0.39, 0.29) is 34.8 Å². The fourth-order valence-electron chi connectivity index (χ4n) is 3.96. The molecular formula is C26H20FN3O5S. The predicted octanol–water partition coefficient (Wildman–Crippen LogP) is 3.42. The average Bonchev–Trinajstić information content (AvgIpc) is 2.86. The van der Waals surface area contributed by atoms with Gasteiger partial charge in [0.1, 0.15) is 17.6 Å². The van der Waals surface area contributed by atoms with Gasteiger partial charge >= 0.3 is 5.97 Å². The van der Waals surface area contributed by atoms with Crippen molar-refractivity contribution in [2.45, 2.75) is 16.8 Å². The molecule has 0 radical (unpaired) electrons. The summed E-state index contributed by atoms with van der Waals surface area (Å²) in [4.78, 5) is 34.3. The van der Waals surface area contributed by atoms with Gasteiger partial charge in [0.05, 0.1) is 29.3 Å². The highest BCUT2D eigenvalue weighted by molar-refractivity contribution is 7.90. The largest absolute Gasteiger partial charge is 0.454 e. The van der Waals surface area contributed by atoms with Crippen LogP contribution < -0.4 is 0 Å². The van der Waals surface area contributed by atoms with Gasteiger partial charge in [-0.25, -0.2) is 22.6 Å². The summed E-state index contributed by atoms with van der Waals surface area (Å²) in [7, 11) is -3.90. The second-order valence-corrected chi connectivity index (χ2v) is 10.3. The Morgan fingerprint density at radius 2 is 1.75 bits per heavy atom. The number of esters is 1. The molecule has 0 spiro atoms. The van der Waals surface area contributed by atoms with Gasteiger partial charge in [-0.2, -0.15) is 0 Å². The molecule has 0 atom stereocenters. The van der Waals surface area contributed by atoms with Crippen LogP contribution in [0.4, 0.5) is 4.39 Å². The summed E-state index contributed by atoms with van der Waals surface area (Å²) in [6.45, 7) is 0.340. The van der Waals surface area contributed by atoms with Crippen molar-refractivity contribution >= 4 is 32.6 Å². The maximum atomic E-state index is 14.9. The van der Waals surface area contributed by atoms with E-state index in [0.29, 0.717) is 10.9 Å². The number of hydrogen-bond donors (Lipinski definition) is 0. The van der Waals surface area contributed by atoms with Gasteiger partial charge in [-0.1, -0.05) is 30.3 Å². The van der Waals surface area contributed by atoms with Crippen LogP contribution in [0.3, 0.4) is 0 Å². The first-order valence-corrected chi connectivity index (χ1v) is 12.7. The van der Waals surface area contributed by atoms with Crippen molar-refractivity contribution < 1.29 is 27.1 Å². The van der Waals surface area contributed by atoms with E-state index in [1.54, 1.807) is 36.4 Å². The number of pyridine rings is 2. The van der Waals surface area contributed by atoms with Gasteiger partial charge in [0.2, 0.25) is 0 Å². The number of fused-ring (bicyclic) bond motifs is 1. The van der Waals surface area contributed by atoms with Crippen LogP contribution in [0.1, 0.15) is 26.4 Å². The van der Waals surface area contributed by atoms with Crippen molar-refractivity contribution in [3.8, 4) is 0 Å². The molecule has 1 amide bonds. The normalized spacial score (nSPS) is 13.9. The third-order valence-corrected chi connectivity index (χ3v) is 7.55. The van der Waals surface area contributed by atoms with E-state index in [9.17, 15) is 22.4 Å². The number of para-hydroxylation sites is 1. The molecule has 36 heavy (non-hydrogen) atoms. The lowest BCUT2D eigenvalue weighted by Gasteiger charge is -2.38. The molecule has 2 aromatic carbocycles. The minimum atomic E-state index is -3.90. The number of aromatic nitrogens is 2. The third kappa shape index (κ3) is 4.67. The Kier molecular flexibility index (Phi) is 6.19. The minimum Gasteiger partial charge on any atom is -0.454 e. The van der Waals surface area contributed by atoms with Crippen molar-refractivity contribution in [2.24, 2.45) is 0 Å². The minimum absolute atomic E-state index is 0.0204. The molecule has 10 heteroatoms. The van der Waals surface area contributed by atoms with Gasteiger partial charge < -0.3 is 9.64 Å². The van der Waals surface area contributed by atoms with Gasteiger partial charge in [-0.3, -0.25) is 9.78 Å². The Morgan fingerprint density at radius 1 is 0.972 bits per heavy atom. The van der Waals surface area contributed by atoms with Crippen molar-refractivity contribution in [1.29, 1.82) is 0 Å². The quantitative estimate of drug-likeness (QED) is 0.370. The number of likely N-dealkylation sites (tertiary alicyclic amines) is 1. The van der Waals surface area contributed by atoms with Crippen LogP contribution in [0.2, 0.25) is 0 Å². The molecule has 0 aliphatic carbocycles. The lowest BCUT2D eigenvalue weighted by atomic mass is 10.1. The molecule has 0 saturated carbocycles. The lowest BCUT2D eigenvalue weighted by Crippen LogP contribution is -2.55. The number of carbonyl (C=O) groups excluding carboxylic acids is 2. The van der Waals surface area contributed by atoms with E-state index < -0.39 is 39.4 Å². The topological polar surface area (TPSA) is 107 Å². The maximum Gasteiger partial charge on any atom is 0.357 e. The summed E-state index contributed by atoms with van der Waals surface area (Å²) in [5.41, 5.74) is 0.526. The summed E-state index contributed by atoms with van der Waals surface area (Å²) >= 11 is 0. The first kappa shape index (κ1) is 23.6. The van der Waals surface area contributed by atoms with Crippen LogP contribution in [-0.4, -0.2) is 54.4 Å². The molecule has 4 aromatic rings. The molecule has 0 N–H and O–H groups in total. The molecule has 1 aliphatic rings. The van der Waals surface area contributed by atoms with Gasteiger partial charge in [-0.05, 0) is 36.4 Å². The van der Waals surface area contributed by atoms with Crippen LogP contribution >= 0.6 is 0 Å². The molecule has 5 rings (SSSR count). The van der Waals surface area contributed by atoms with E-state index in [1.165, 1.54) is 41.6 Å². The van der Waals surface area contributed by atoms with E-state index in [1.807, 2.05) is 0 Å². The summed E-state index contributed by atoms with van der Waals surface area (Å²) in [5.74, 6) is -2.38. The standard InChI is InChI=1S/C26H20FN3O5S/c27-21-13-18(25(31)30-14-20(15-30)35-26(32)22-7-1-2-11-28-22)9-10-19(21)16-36(33,34)23-8-3-5-17-6-4-12-29-24(17)23/h1-13,20H,14-16H2. The Hall–Kier alpha value is -4.18. The number of rotatable bonds is 6. The summed E-state index contributed by atoms with van der Waals surface area (Å²) < 4.78 is 46.3.